The summed E-state index contributed by atoms with van der Waals surface area (Å²) in [5.41, 5.74) is 3.08. The average Bonchev–Trinajstić information content (AvgIpc) is 2.37. The van der Waals surface area contributed by atoms with Gasteiger partial charge in [-0.3, -0.25) is 0 Å². The Morgan fingerprint density at radius 3 is 2.22 bits per heavy atom. The maximum atomic E-state index is 11.6. The first-order valence-electron chi connectivity index (χ1n) is 5.34. The molecule has 0 saturated carbocycles. The predicted molar refractivity (Wildman–Crippen MR) is 70.2 cm³/mol. The number of rotatable bonds is 4. The van der Waals surface area contributed by atoms with Gasteiger partial charge in [0.1, 0.15) is 0 Å². The van der Waals surface area contributed by atoms with Crippen molar-refractivity contribution in [2.75, 3.05) is 11.7 Å². The second-order valence-corrected chi connectivity index (χ2v) is 5.77. The predicted octanol–water partition coefficient (Wildman–Crippen LogP) is 2.50. The van der Waals surface area contributed by atoms with Crippen LogP contribution in [0.2, 0.25) is 0 Å². The summed E-state index contributed by atoms with van der Waals surface area (Å²) in [5.74, 6) is 0.612. The molecule has 0 aliphatic heterocycles. The van der Waals surface area contributed by atoms with E-state index in [1.165, 1.54) is 6.07 Å². The number of anilines is 1. The van der Waals surface area contributed by atoms with Gasteiger partial charge < -0.3 is 4.84 Å². The quantitative estimate of drug-likeness (QED) is 0.861. The zero-order chi connectivity index (χ0) is 13.0. The molecule has 0 spiro atoms. The summed E-state index contributed by atoms with van der Waals surface area (Å²) in [6, 6.07) is 15.7. The molecule has 18 heavy (non-hydrogen) atoms. The van der Waals surface area contributed by atoms with E-state index in [9.17, 15) is 8.42 Å². The van der Waals surface area contributed by atoms with Crippen molar-refractivity contribution < 1.29 is 13.3 Å². The van der Waals surface area contributed by atoms with Crippen LogP contribution in [0.15, 0.2) is 59.5 Å². The standard InChI is InChI=1S/C13H13NO3S/c1-18(15,16)13-10-6-5-9-12(13)14-17-11-7-3-2-4-8-11/h2-10,14H,1H3. The topological polar surface area (TPSA) is 55.4 Å². The summed E-state index contributed by atoms with van der Waals surface area (Å²) in [7, 11) is -3.28. The minimum atomic E-state index is -3.28. The van der Waals surface area contributed by atoms with Crippen LogP contribution in [-0.4, -0.2) is 14.7 Å². The van der Waals surface area contributed by atoms with Gasteiger partial charge in [0.05, 0.1) is 10.6 Å². The molecular formula is C13H13NO3S. The second-order valence-electron chi connectivity index (χ2n) is 3.79. The molecule has 0 unspecified atom stereocenters. The van der Waals surface area contributed by atoms with E-state index >= 15 is 0 Å². The minimum Gasteiger partial charge on any atom is -0.382 e. The summed E-state index contributed by atoms with van der Waals surface area (Å²) in [6.45, 7) is 0. The molecule has 0 radical (unpaired) electrons. The van der Waals surface area contributed by atoms with E-state index in [1.54, 1.807) is 30.3 Å². The largest absolute Gasteiger partial charge is 0.382 e. The Hall–Kier alpha value is -2.01. The molecule has 94 valence electrons. The van der Waals surface area contributed by atoms with Gasteiger partial charge in [0.15, 0.2) is 15.6 Å². The van der Waals surface area contributed by atoms with Crippen LogP contribution in [0, 0.1) is 0 Å². The van der Waals surface area contributed by atoms with E-state index in [2.05, 4.69) is 5.48 Å². The first-order valence-corrected chi connectivity index (χ1v) is 7.23. The Morgan fingerprint density at radius 2 is 1.56 bits per heavy atom. The van der Waals surface area contributed by atoms with E-state index in [1.807, 2.05) is 18.2 Å². The number of sulfone groups is 1. The number of benzene rings is 2. The van der Waals surface area contributed by atoms with E-state index in [0.717, 1.165) is 6.26 Å². The average molecular weight is 263 g/mol. The fourth-order valence-electron chi connectivity index (χ4n) is 1.48. The Morgan fingerprint density at radius 1 is 0.944 bits per heavy atom. The zero-order valence-corrected chi connectivity index (χ0v) is 10.6. The molecule has 0 atom stereocenters. The van der Waals surface area contributed by atoms with Crippen LogP contribution in [0.4, 0.5) is 5.69 Å². The Bertz CT molecular complexity index is 624. The third kappa shape index (κ3) is 3.01. The summed E-state index contributed by atoms with van der Waals surface area (Å²) in [4.78, 5) is 5.52. The summed E-state index contributed by atoms with van der Waals surface area (Å²) in [6.07, 6.45) is 1.16. The maximum Gasteiger partial charge on any atom is 0.177 e. The van der Waals surface area contributed by atoms with Crippen LogP contribution in [0.25, 0.3) is 0 Å². The molecule has 0 saturated heterocycles. The highest BCUT2D eigenvalue weighted by Crippen LogP contribution is 2.21. The molecule has 5 heteroatoms. The van der Waals surface area contributed by atoms with Crippen LogP contribution in [-0.2, 0) is 9.84 Å². The van der Waals surface area contributed by atoms with Gasteiger partial charge in [-0.15, -0.1) is 0 Å². The van der Waals surface area contributed by atoms with Gasteiger partial charge in [-0.05, 0) is 24.3 Å². The van der Waals surface area contributed by atoms with Crippen molar-refractivity contribution in [3.8, 4) is 5.75 Å². The van der Waals surface area contributed by atoms with E-state index < -0.39 is 9.84 Å². The molecule has 0 amide bonds. The van der Waals surface area contributed by atoms with E-state index in [-0.39, 0.29) is 4.90 Å². The monoisotopic (exact) mass is 263 g/mol. The smallest absolute Gasteiger partial charge is 0.177 e. The number of hydrogen-bond acceptors (Lipinski definition) is 4. The number of nitrogens with one attached hydrogen (secondary N) is 1. The zero-order valence-electron chi connectivity index (χ0n) is 9.83. The first kappa shape index (κ1) is 12.4. The fourth-order valence-corrected chi connectivity index (χ4v) is 2.31. The molecule has 0 aliphatic carbocycles. The lowest BCUT2D eigenvalue weighted by Gasteiger charge is -2.11. The molecule has 0 bridgehead atoms. The van der Waals surface area contributed by atoms with Gasteiger partial charge in [0.25, 0.3) is 0 Å². The number of para-hydroxylation sites is 2. The molecule has 0 aromatic heterocycles. The van der Waals surface area contributed by atoms with Crippen molar-refractivity contribution in [1.82, 2.24) is 0 Å². The Kier molecular flexibility index (Phi) is 3.53. The van der Waals surface area contributed by atoms with Crippen molar-refractivity contribution in [2.45, 2.75) is 4.90 Å². The molecule has 2 aromatic carbocycles. The van der Waals surface area contributed by atoms with Gasteiger partial charge >= 0.3 is 0 Å². The van der Waals surface area contributed by atoms with Gasteiger partial charge in [0, 0.05) is 6.26 Å². The molecule has 1 N–H and O–H groups in total. The lowest BCUT2D eigenvalue weighted by molar-refractivity contribution is 0.403. The van der Waals surface area contributed by atoms with Crippen LogP contribution in [0.5, 0.6) is 5.75 Å². The third-order valence-electron chi connectivity index (χ3n) is 2.31. The molecule has 2 aromatic rings. The second kappa shape index (κ2) is 5.10. The van der Waals surface area contributed by atoms with Crippen molar-refractivity contribution in [2.24, 2.45) is 0 Å². The van der Waals surface area contributed by atoms with Crippen molar-refractivity contribution in [3.63, 3.8) is 0 Å². The molecular weight excluding hydrogens is 250 g/mol. The van der Waals surface area contributed by atoms with Gasteiger partial charge in [0.2, 0.25) is 0 Å². The molecule has 4 nitrogen and oxygen atoms in total. The Balaban J connectivity index is 2.20. The molecule has 0 fully saturated rings. The Labute approximate surface area is 106 Å². The highest BCUT2D eigenvalue weighted by Gasteiger charge is 2.12. The minimum absolute atomic E-state index is 0.209. The highest BCUT2D eigenvalue weighted by molar-refractivity contribution is 7.90. The lowest BCUT2D eigenvalue weighted by Crippen LogP contribution is -2.09. The molecule has 2 rings (SSSR count). The summed E-state index contributed by atoms with van der Waals surface area (Å²) < 4.78 is 23.1. The number of hydrogen-bond donors (Lipinski definition) is 1. The normalized spacial score (nSPS) is 10.9. The first-order chi connectivity index (χ1) is 8.57. The van der Waals surface area contributed by atoms with Crippen LogP contribution in [0.1, 0.15) is 0 Å². The van der Waals surface area contributed by atoms with Gasteiger partial charge in [-0.25, -0.2) is 13.9 Å². The van der Waals surface area contributed by atoms with Crippen LogP contribution < -0.4 is 10.3 Å². The summed E-state index contributed by atoms with van der Waals surface area (Å²) >= 11 is 0. The SMILES string of the molecule is CS(=O)(=O)c1ccccc1NOc1ccccc1. The lowest BCUT2D eigenvalue weighted by atomic mass is 10.3. The van der Waals surface area contributed by atoms with E-state index in [4.69, 9.17) is 4.84 Å². The fraction of sp³-hybridized carbons (Fsp3) is 0.0769. The van der Waals surface area contributed by atoms with E-state index in [0.29, 0.717) is 11.4 Å². The summed E-state index contributed by atoms with van der Waals surface area (Å²) in [5, 5.41) is 0. The van der Waals surface area contributed by atoms with Crippen molar-refractivity contribution in [3.05, 3.63) is 54.6 Å². The molecule has 0 aliphatic rings. The maximum absolute atomic E-state index is 11.6. The van der Waals surface area contributed by atoms with Crippen LogP contribution in [0.3, 0.4) is 0 Å². The third-order valence-corrected chi connectivity index (χ3v) is 3.46. The van der Waals surface area contributed by atoms with Crippen molar-refractivity contribution >= 4 is 15.5 Å². The van der Waals surface area contributed by atoms with Gasteiger partial charge in [-0.2, -0.15) is 0 Å². The van der Waals surface area contributed by atoms with Crippen LogP contribution >= 0.6 is 0 Å². The molecule has 0 heterocycles. The van der Waals surface area contributed by atoms with Gasteiger partial charge in [-0.1, -0.05) is 30.3 Å². The highest BCUT2D eigenvalue weighted by atomic mass is 32.2. The van der Waals surface area contributed by atoms with Crippen molar-refractivity contribution in [1.29, 1.82) is 0 Å².